The molecule has 0 saturated heterocycles. The van der Waals surface area contributed by atoms with Crippen LogP contribution in [0.1, 0.15) is 31.7 Å². The van der Waals surface area contributed by atoms with Gasteiger partial charge in [-0.15, -0.1) is 0 Å². The van der Waals surface area contributed by atoms with E-state index in [-0.39, 0.29) is 18.6 Å². The molecule has 0 radical (unpaired) electrons. The Morgan fingerprint density at radius 3 is 2.83 bits per heavy atom. The van der Waals surface area contributed by atoms with Gasteiger partial charge in [0, 0.05) is 24.1 Å². The summed E-state index contributed by atoms with van der Waals surface area (Å²) in [5.74, 6) is 0.0281. The second kappa shape index (κ2) is 8.11. The molecule has 0 aliphatic carbocycles. The lowest BCUT2D eigenvalue weighted by atomic mass is 10.1. The minimum Gasteiger partial charge on any atom is -0.396 e. The Morgan fingerprint density at radius 1 is 1.44 bits per heavy atom. The van der Waals surface area contributed by atoms with Crippen molar-refractivity contribution in [3.63, 3.8) is 0 Å². The molecule has 0 aromatic heterocycles. The number of aryl methyl sites for hydroxylation is 1. The van der Waals surface area contributed by atoms with E-state index in [0.29, 0.717) is 24.3 Å². The molecule has 0 bridgehead atoms. The van der Waals surface area contributed by atoms with Crippen LogP contribution in [-0.2, 0) is 11.2 Å². The highest BCUT2D eigenvalue weighted by Gasteiger charge is 2.08. The minimum atomic E-state index is 0.0281. The summed E-state index contributed by atoms with van der Waals surface area (Å²) < 4.78 is 0. The fourth-order valence-corrected chi connectivity index (χ4v) is 2.00. The highest BCUT2D eigenvalue weighted by atomic mass is 35.5. The quantitative estimate of drug-likeness (QED) is 0.799. The molecule has 0 saturated carbocycles. The summed E-state index contributed by atoms with van der Waals surface area (Å²) >= 11 is 6.02. The van der Waals surface area contributed by atoms with Crippen molar-refractivity contribution in [1.29, 1.82) is 0 Å². The summed E-state index contributed by atoms with van der Waals surface area (Å²) in [6.07, 6.45) is 2.60. The number of aliphatic hydroxyl groups is 1. The van der Waals surface area contributed by atoms with Crippen LogP contribution < -0.4 is 5.32 Å². The zero-order valence-corrected chi connectivity index (χ0v) is 11.4. The van der Waals surface area contributed by atoms with E-state index in [1.54, 1.807) is 0 Å². The maximum Gasteiger partial charge on any atom is 0.220 e. The second-order valence-electron chi connectivity index (χ2n) is 4.43. The van der Waals surface area contributed by atoms with Crippen LogP contribution in [0.3, 0.4) is 0 Å². The van der Waals surface area contributed by atoms with E-state index >= 15 is 0 Å². The topological polar surface area (TPSA) is 49.3 Å². The minimum absolute atomic E-state index is 0.0281. The monoisotopic (exact) mass is 269 g/mol. The van der Waals surface area contributed by atoms with Crippen molar-refractivity contribution in [2.45, 2.75) is 38.6 Å². The lowest BCUT2D eigenvalue weighted by molar-refractivity contribution is -0.121. The van der Waals surface area contributed by atoms with Gasteiger partial charge in [0.25, 0.3) is 0 Å². The molecule has 100 valence electrons. The van der Waals surface area contributed by atoms with E-state index in [2.05, 4.69) is 5.32 Å². The first-order valence-electron chi connectivity index (χ1n) is 6.27. The van der Waals surface area contributed by atoms with Gasteiger partial charge in [0.05, 0.1) is 0 Å². The standard InChI is InChI=1S/C14H20ClNO2/c1-11(5-4-10-17)16-14(18)9-8-12-6-2-3-7-13(12)15/h2-3,6-7,11,17H,4-5,8-10H2,1H3,(H,16,18). The van der Waals surface area contributed by atoms with Crippen molar-refractivity contribution in [1.82, 2.24) is 5.32 Å². The molecular formula is C14H20ClNO2. The third-order valence-corrected chi connectivity index (χ3v) is 3.15. The third kappa shape index (κ3) is 5.52. The summed E-state index contributed by atoms with van der Waals surface area (Å²) in [4.78, 5) is 11.7. The van der Waals surface area contributed by atoms with E-state index in [0.717, 1.165) is 12.0 Å². The summed E-state index contributed by atoms with van der Waals surface area (Å²) in [6, 6.07) is 7.67. The van der Waals surface area contributed by atoms with Crippen molar-refractivity contribution >= 4 is 17.5 Å². The molecule has 0 spiro atoms. The lowest BCUT2D eigenvalue weighted by Crippen LogP contribution is -2.32. The van der Waals surface area contributed by atoms with Crippen LogP contribution in [0.2, 0.25) is 5.02 Å². The normalized spacial score (nSPS) is 12.2. The lowest BCUT2D eigenvalue weighted by Gasteiger charge is -2.13. The van der Waals surface area contributed by atoms with Gasteiger partial charge in [0.1, 0.15) is 0 Å². The van der Waals surface area contributed by atoms with Gasteiger partial charge in [-0.05, 0) is 37.8 Å². The molecule has 1 unspecified atom stereocenters. The second-order valence-corrected chi connectivity index (χ2v) is 4.83. The molecule has 1 aromatic carbocycles. The number of hydrogen-bond acceptors (Lipinski definition) is 2. The summed E-state index contributed by atoms with van der Waals surface area (Å²) in [7, 11) is 0. The molecule has 0 heterocycles. The molecule has 4 heteroatoms. The van der Waals surface area contributed by atoms with Gasteiger partial charge >= 0.3 is 0 Å². The van der Waals surface area contributed by atoms with Crippen molar-refractivity contribution < 1.29 is 9.90 Å². The summed E-state index contributed by atoms with van der Waals surface area (Å²) in [6.45, 7) is 2.11. The number of carbonyl (C=O) groups is 1. The molecule has 2 N–H and O–H groups in total. The van der Waals surface area contributed by atoms with Gasteiger partial charge in [0.2, 0.25) is 5.91 Å². The van der Waals surface area contributed by atoms with E-state index in [1.807, 2.05) is 31.2 Å². The van der Waals surface area contributed by atoms with Gasteiger partial charge in [-0.3, -0.25) is 4.79 Å². The van der Waals surface area contributed by atoms with E-state index < -0.39 is 0 Å². The molecule has 1 aromatic rings. The number of halogens is 1. The smallest absolute Gasteiger partial charge is 0.220 e. The first-order valence-corrected chi connectivity index (χ1v) is 6.65. The SMILES string of the molecule is CC(CCCO)NC(=O)CCc1ccccc1Cl. The maximum absolute atomic E-state index is 11.7. The number of carbonyl (C=O) groups excluding carboxylic acids is 1. The van der Waals surface area contributed by atoms with Crippen LogP contribution in [0.5, 0.6) is 0 Å². The van der Waals surface area contributed by atoms with E-state index in [1.165, 1.54) is 0 Å². The van der Waals surface area contributed by atoms with Crippen molar-refractivity contribution in [2.75, 3.05) is 6.61 Å². The van der Waals surface area contributed by atoms with Crippen molar-refractivity contribution in [3.05, 3.63) is 34.9 Å². The van der Waals surface area contributed by atoms with Gasteiger partial charge in [-0.25, -0.2) is 0 Å². The molecule has 0 aliphatic rings. The fraction of sp³-hybridized carbons (Fsp3) is 0.500. The van der Waals surface area contributed by atoms with Crippen LogP contribution in [0, 0.1) is 0 Å². The first kappa shape index (κ1) is 15.0. The number of benzene rings is 1. The molecular weight excluding hydrogens is 250 g/mol. The summed E-state index contributed by atoms with van der Waals surface area (Å²) in [5, 5.41) is 12.3. The summed E-state index contributed by atoms with van der Waals surface area (Å²) in [5.41, 5.74) is 0.998. The Kier molecular flexibility index (Phi) is 6.76. The molecule has 0 aliphatic heterocycles. The largest absolute Gasteiger partial charge is 0.396 e. The molecule has 1 rings (SSSR count). The highest BCUT2D eigenvalue weighted by Crippen LogP contribution is 2.16. The molecule has 18 heavy (non-hydrogen) atoms. The average Bonchev–Trinajstić information content (AvgIpc) is 2.35. The predicted octanol–water partition coefficient (Wildman–Crippen LogP) is 2.55. The Balaban J connectivity index is 2.31. The zero-order valence-electron chi connectivity index (χ0n) is 10.7. The Labute approximate surface area is 113 Å². The number of aliphatic hydroxyl groups excluding tert-OH is 1. The van der Waals surface area contributed by atoms with Crippen LogP contribution >= 0.6 is 11.6 Å². The maximum atomic E-state index is 11.7. The number of nitrogens with one attached hydrogen (secondary N) is 1. The van der Waals surface area contributed by atoms with Crippen molar-refractivity contribution in [3.8, 4) is 0 Å². The number of rotatable bonds is 7. The van der Waals surface area contributed by atoms with Gasteiger partial charge in [-0.2, -0.15) is 0 Å². The van der Waals surface area contributed by atoms with Crippen molar-refractivity contribution in [2.24, 2.45) is 0 Å². The average molecular weight is 270 g/mol. The third-order valence-electron chi connectivity index (χ3n) is 2.78. The molecule has 0 fully saturated rings. The molecule has 1 atom stereocenters. The first-order chi connectivity index (χ1) is 8.63. The van der Waals surface area contributed by atoms with E-state index in [4.69, 9.17) is 16.7 Å². The highest BCUT2D eigenvalue weighted by molar-refractivity contribution is 6.31. The fourth-order valence-electron chi connectivity index (χ4n) is 1.77. The van der Waals surface area contributed by atoms with Gasteiger partial charge in [-0.1, -0.05) is 29.8 Å². The predicted molar refractivity (Wildman–Crippen MR) is 73.7 cm³/mol. The van der Waals surface area contributed by atoms with Gasteiger partial charge in [0.15, 0.2) is 0 Å². The Morgan fingerprint density at radius 2 is 2.17 bits per heavy atom. The molecule has 3 nitrogen and oxygen atoms in total. The van der Waals surface area contributed by atoms with Gasteiger partial charge < -0.3 is 10.4 Å². The van der Waals surface area contributed by atoms with E-state index in [9.17, 15) is 4.79 Å². The van der Waals surface area contributed by atoms with Crippen LogP contribution in [0.4, 0.5) is 0 Å². The zero-order chi connectivity index (χ0) is 13.4. The molecule has 1 amide bonds. The van der Waals surface area contributed by atoms with Crippen LogP contribution in [0.25, 0.3) is 0 Å². The van der Waals surface area contributed by atoms with Crippen LogP contribution in [0.15, 0.2) is 24.3 Å². The Bertz CT molecular complexity index is 382. The number of amides is 1. The van der Waals surface area contributed by atoms with Crippen LogP contribution in [-0.4, -0.2) is 23.7 Å². The number of hydrogen-bond donors (Lipinski definition) is 2. The Hall–Kier alpha value is -1.06.